The van der Waals surface area contributed by atoms with Crippen LogP contribution in [0.3, 0.4) is 0 Å². The molecular weight excluding hydrogens is 491 g/mol. The van der Waals surface area contributed by atoms with E-state index in [1.807, 2.05) is 44.2 Å². The van der Waals surface area contributed by atoms with Gasteiger partial charge in [0, 0.05) is 18.0 Å². The Morgan fingerprint density at radius 3 is 2.00 bits per heavy atom. The number of hydrogen-bond donors (Lipinski definition) is 4. The van der Waals surface area contributed by atoms with Crippen LogP contribution in [0.15, 0.2) is 30.3 Å². The van der Waals surface area contributed by atoms with Gasteiger partial charge in [0.05, 0.1) is 18.7 Å². The number of amides is 2. The van der Waals surface area contributed by atoms with Gasteiger partial charge in [-0.2, -0.15) is 13.2 Å². The van der Waals surface area contributed by atoms with Crippen LogP contribution < -0.4 is 11.1 Å². The summed E-state index contributed by atoms with van der Waals surface area (Å²) >= 11 is 0. The summed E-state index contributed by atoms with van der Waals surface area (Å²) in [7, 11) is 1.78. The van der Waals surface area contributed by atoms with Crippen molar-refractivity contribution in [3.05, 3.63) is 35.9 Å². The van der Waals surface area contributed by atoms with Crippen LogP contribution in [0.25, 0.3) is 0 Å². The maximum Gasteiger partial charge on any atom is 0.490 e. The van der Waals surface area contributed by atoms with Crippen molar-refractivity contribution in [1.29, 1.82) is 0 Å². The molecule has 0 aliphatic heterocycles. The molecule has 3 atom stereocenters. The number of carbonyl (C=O) groups excluding carboxylic acids is 2. The van der Waals surface area contributed by atoms with Crippen molar-refractivity contribution in [1.82, 2.24) is 10.2 Å². The summed E-state index contributed by atoms with van der Waals surface area (Å²) in [6.45, 7) is 4.34. The van der Waals surface area contributed by atoms with Gasteiger partial charge in [-0.3, -0.25) is 9.59 Å². The number of hydrogen-bond acceptors (Lipinski definition) is 5. The molecule has 208 valence electrons. The van der Waals surface area contributed by atoms with Crippen LogP contribution in [-0.4, -0.2) is 64.2 Å². The molecular formula is C26H38F3N3O5. The summed E-state index contributed by atoms with van der Waals surface area (Å²) in [4.78, 5) is 36.5. The van der Waals surface area contributed by atoms with E-state index in [-0.39, 0.29) is 35.2 Å². The summed E-state index contributed by atoms with van der Waals surface area (Å²) in [6.07, 6.45) is -0.139. The molecule has 3 fully saturated rings. The Hall–Kier alpha value is -2.66. The number of carboxylic acids is 1. The van der Waals surface area contributed by atoms with E-state index < -0.39 is 24.3 Å². The summed E-state index contributed by atoms with van der Waals surface area (Å²) in [6, 6.07) is 8.97. The maximum absolute atomic E-state index is 13.3. The molecule has 2 bridgehead atoms. The van der Waals surface area contributed by atoms with Gasteiger partial charge < -0.3 is 26.2 Å². The average Bonchev–Trinajstić information content (AvgIpc) is 2.88. The lowest BCUT2D eigenvalue weighted by atomic mass is 9.56. The normalized spacial score (nSPS) is 25.2. The first-order valence-corrected chi connectivity index (χ1v) is 12.5. The second-order valence-electron chi connectivity index (χ2n) is 10.4. The van der Waals surface area contributed by atoms with Gasteiger partial charge in [0.25, 0.3) is 0 Å². The van der Waals surface area contributed by atoms with Crippen LogP contribution in [-0.2, 0) is 14.4 Å². The third-order valence-electron chi connectivity index (χ3n) is 7.87. The standard InChI is InChI=1S/C24H37N3O3.C2HF3O2/c1-4-17(2)20(25)21(29)26-24-13-10-23(11-14-24,12-15-24)22(30)27(3)16-19(28)18-8-6-5-7-9-18;3-2(4,5)1(6)7/h5-9,17,19-20,28H,4,10-16,25H2,1-3H3,(H,26,29);(H,6,7)/t17-,19-,20+,23?,24?;/m1./s1. The van der Waals surface area contributed by atoms with Gasteiger partial charge in [-0.15, -0.1) is 0 Å². The molecule has 0 heterocycles. The number of nitrogens with two attached hydrogens (primary N) is 1. The van der Waals surface area contributed by atoms with E-state index >= 15 is 0 Å². The lowest BCUT2D eigenvalue weighted by Crippen LogP contribution is -2.62. The molecule has 2 amide bonds. The number of aliphatic carboxylic acids is 1. The first-order valence-electron chi connectivity index (χ1n) is 12.5. The molecule has 0 spiro atoms. The number of aliphatic hydroxyl groups is 1. The molecule has 0 unspecified atom stereocenters. The van der Waals surface area contributed by atoms with Gasteiger partial charge in [0.2, 0.25) is 11.8 Å². The number of nitrogens with one attached hydrogen (secondary N) is 1. The quantitative estimate of drug-likeness (QED) is 0.408. The van der Waals surface area contributed by atoms with E-state index in [2.05, 4.69) is 5.32 Å². The molecule has 0 radical (unpaired) electrons. The number of fused-ring (bicyclic) bond motifs is 3. The molecule has 1 aromatic carbocycles. The highest BCUT2D eigenvalue weighted by Crippen LogP contribution is 2.53. The minimum absolute atomic E-state index is 0.0619. The fourth-order valence-corrected chi connectivity index (χ4v) is 5.08. The second-order valence-corrected chi connectivity index (χ2v) is 10.4. The molecule has 0 aromatic heterocycles. The van der Waals surface area contributed by atoms with Crippen molar-refractivity contribution in [3.63, 3.8) is 0 Å². The second kappa shape index (κ2) is 12.3. The van der Waals surface area contributed by atoms with Crippen molar-refractivity contribution in [3.8, 4) is 0 Å². The third kappa shape index (κ3) is 7.67. The molecule has 37 heavy (non-hydrogen) atoms. The highest BCUT2D eigenvalue weighted by atomic mass is 19.4. The van der Waals surface area contributed by atoms with E-state index in [0.717, 1.165) is 50.5 Å². The Morgan fingerprint density at radius 1 is 1.08 bits per heavy atom. The van der Waals surface area contributed by atoms with Crippen LogP contribution in [0.2, 0.25) is 0 Å². The van der Waals surface area contributed by atoms with Gasteiger partial charge in [-0.05, 0) is 50.0 Å². The van der Waals surface area contributed by atoms with E-state index in [9.17, 15) is 27.9 Å². The first kappa shape index (κ1) is 30.6. The number of nitrogens with zero attached hydrogens (tertiary/aromatic N) is 1. The summed E-state index contributed by atoms with van der Waals surface area (Å²) in [5.41, 5.74) is 6.37. The largest absolute Gasteiger partial charge is 0.490 e. The van der Waals surface area contributed by atoms with Crippen molar-refractivity contribution in [2.45, 2.75) is 82.7 Å². The number of rotatable bonds is 8. The van der Waals surface area contributed by atoms with Gasteiger partial charge >= 0.3 is 12.1 Å². The third-order valence-corrected chi connectivity index (χ3v) is 7.87. The lowest BCUT2D eigenvalue weighted by Gasteiger charge is -2.53. The number of carboxylic acid groups (broad SMARTS) is 1. The molecule has 0 saturated heterocycles. The molecule has 11 heteroatoms. The lowest BCUT2D eigenvalue weighted by molar-refractivity contribution is -0.192. The summed E-state index contributed by atoms with van der Waals surface area (Å²) in [5.74, 6) is -2.55. The zero-order valence-corrected chi connectivity index (χ0v) is 21.6. The van der Waals surface area contributed by atoms with Crippen LogP contribution in [0, 0.1) is 11.3 Å². The number of benzene rings is 1. The Labute approximate surface area is 215 Å². The smallest absolute Gasteiger partial charge is 0.475 e. The maximum atomic E-state index is 13.3. The highest BCUT2D eigenvalue weighted by Gasteiger charge is 2.53. The molecule has 1 aromatic rings. The number of aliphatic hydroxyl groups excluding tert-OH is 1. The Kier molecular flexibility index (Phi) is 10.1. The number of carbonyl (C=O) groups is 3. The van der Waals surface area contributed by atoms with Gasteiger partial charge in [-0.1, -0.05) is 50.6 Å². The topological polar surface area (TPSA) is 133 Å². The fraction of sp³-hybridized carbons (Fsp3) is 0.654. The van der Waals surface area contributed by atoms with Gasteiger partial charge in [0.15, 0.2) is 0 Å². The van der Waals surface area contributed by atoms with Crippen LogP contribution in [0.1, 0.15) is 70.5 Å². The molecule has 3 aliphatic carbocycles. The minimum Gasteiger partial charge on any atom is -0.475 e. The van der Waals surface area contributed by atoms with Crippen molar-refractivity contribution in [2.24, 2.45) is 17.1 Å². The molecule has 5 N–H and O–H groups in total. The monoisotopic (exact) mass is 529 g/mol. The fourth-order valence-electron chi connectivity index (χ4n) is 5.08. The molecule has 8 nitrogen and oxygen atoms in total. The molecule has 4 rings (SSSR count). The SMILES string of the molecule is CC[C@@H](C)[C@H](N)C(=O)NC12CCC(C(=O)N(C)C[C@@H](O)c3ccccc3)(CC1)CC2.O=C(O)C(F)(F)F. The van der Waals surface area contributed by atoms with Crippen molar-refractivity contribution in [2.75, 3.05) is 13.6 Å². The Bertz CT molecular complexity index is 917. The van der Waals surface area contributed by atoms with Crippen molar-refractivity contribution < 1.29 is 37.8 Å². The summed E-state index contributed by atoms with van der Waals surface area (Å²) < 4.78 is 31.7. The predicted octanol–water partition coefficient (Wildman–Crippen LogP) is 3.39. The number of likely N-dealkylation sites (N-methyl/N-ethyl adjacent to an activating group) is 1. The van der Waals surface area contributed by atoms with Gasteiger partial charge in [-0.25, -0.2) is 4.79 Å². The van der Waals surface area contributed by atoms with E-state index in [0.29, 0.717) is 0 Å². The Morgan fingerprint density at radius 2 is 1.57 bits per heavy atom. The first-order chi connectivity index (χ1) is 17.2. The molecule has 3 aliphatic rings. The zero-order valence-electron chi connectivity index (χ0n) is 21.6. The van der Waals surface area contributed by atoms with Gasteiger partial charge in [0.1, 0.15) is 0 Å². The average molecular weight is 530 g/mol. The van der Waals surface area contributed by atoms with E-state index in [1.165, 1.54) is 0 Å². The zero-order chi connectivity index (χ0) is 28.0. The van der Waals surface area contributed by atoms with Crippen LogP contribution in [0.4, 0.5) is 13.2 Å². The molecule has 3 saturated carbocycles. The van der Waals surface area contributed by atoms with Crippen LogP contribution >= 0.6 is 0 Å². The number of alkyl halides is 3. The highest BCUT2D eigenvalue weighted by molar-refractivity contribution is 5.84. The minimum atomic E-state index is -5.08. The predicted molar refractivity (Wildman–Crippen MR) is 131 cm³/mol. The number of halogens is 3. The summed E-state index contributed by atoms with van der Waals surface area (Å²) in [5, 5.41) is 20.9. The van der Waals surface area contributed by atoms with E-state index in [4.69, 9.17) is 15.6 Å². The Balaban J connectivity index is 0.000000604. The van der Waals surface area contributed by atoms with Crippen molar-refractivity contribution >= 4 is 17.8 Å². The van der Waals surface area contributed by atoms with E-state index in [1.54, 1.807) is 11.9 Å². The van der Waals surface area contributed by atoms with Crippen LogP contribution in [0.5, 0.6) is 0 Å².